The summed E-state index contributed by atoms with van der Waals surface area (Å²) >= 11 is 1.59. The van der Waals surface area contributed by atoms with Crippen molar-refractivity contribution in [1.29, 1.82) is 0 Å². The van der Waals surface area contributed by atoms with Gasteiger partial charge in [0.05, 0.1) is 11.5 Å². The monoisotopic (exact) mass is 191 g/mol. The molecule has 3 atom stereocenters. The van der Waals surface area contributed by atoms with Gasteiger partial charge in [0.2, 0.25) is 0 Å². The quantitative estimate of drug-likeness (QED) is 0.664. The van der Waals surface area contributed by atoms with Crippen LogP contribution >= 0.6 is 11.8 Å². The van der Waals surface area contributed by atoms with E-state index in [0.29, 0.717) is 5.75 Å². The molecule has 12 heavy (non-hydrogen) atoms. The molecule has 1 aliphatic heterocycles. The van der Waals surface area contributed by atoms with Crippen molar-refractivity contribution in [3.8, 4) is 0 Å². The SMILES string of the molecule is COC(C)C1N[C@@H](C(=O)O)CS1. The van der Waals surface area contributed by atoms with Crippen molar-refractivity contribution in [1.82, 2.24) is 5.32 Å². The number of aliphatic carboxylic acids is 1. The Hall–Kier alpha value is -0.260. The number of carbonyl (C=O) groups is 1. The molecule has 0 aromatic rings. The Morgan fingerprint density at radius 2 is 2.50 bits per heavy atom. The topological polar surface area (TPSA) is 58.6 Å². The first kappa shape index (κ1) is 9.83. The van der Waals surface area contributed by atoms with E-state index in [4.69, 9.17) is 9.84 Å². The maximum absolute atomic E-state index is 10.5. The van der Waals surface area contributed by atoms with E-state index in [1.807, 2.05) is 6.92 Å². The van der Waals surface area contributed by atoms with E-state index in [1.165, 1.54) is 0 Å². The van der Waals surface area contributed by atoms with Crippen molar-refractivity contribution in [2.75, 3.05) is 12.9 Å². The molecule has 1 rings (SSSR count). The summed E-state index contributed by atoms with van der Waals surface area (Å²) < 4.78 is 5.09. The van der Waals surface area contributed by atoms with Crippen LogP contribution in [-0.4, -0.2) is 41.5 Å². The molecule has 0 aliphatic carbocycles. The average molecular weight is 191 g/mol. The van der Waals surface area contributed by atoms with E-state index in [1.54, 1.807) is 18.9 Å². The van der Waals surface area contributed by atoms with Gasteiger partial charge in [-0.1, -0.05) is 0 Å². The third kappa shape index (κ3) is 2.12. The molecule has 1 fully saturated rings. The van der Waals surface area contributed by atoms with Crippen molar-refractivity contribution in [3.05, 3.63) is 0 Å². The van der Waals surface area contributed by atoms with Crippen LogP contribution in [0.1, 0.15) is 6.92 Å². The number of nitrogens with one attached hydrogen (secondary N) is 1. The fraction of sp³-hybridized carbons (Fsp3) is 0.857. The Bertz CT molecular complexity index is 176. The van der Waals surface area contributed by atoms with E-state index in [9.17, 15) is 4.79 Å². The minimum atomic E-state index is -0.784. The second-order valence-electron chi connectivity index (χ2n) is 2.75. The summed E-state index contributed by atoms with van der Waals surface area (Å²) in [5, 5.41) is 11.8. The molecule has 1 saturated heterocycles. The van der Waals surface area contributed by atoms with Crippen molar-refractivity contribution in [2.24, 2.45) is 0 Å². The Kier molecular flexibility index (Phi) is 3.37. The summed E-state index contributed by atoms with van der Waals surface area (Å²) in [6.45, 7) is 1.93. The molecular formula is C7H13NO3S. The van der Waals surface area contributed by atoms with Gasteiger partial charge in [-0.05, 0) is 6.92 Å². The summed E-state index contributed by atoms with van der Waals surface area (Å²) in [5.74, 6) is -0.165. The Morgan fingerprint density at radius 1 is 1.83 bits per heavy atom. The molecule has 0 aromatic carbocycles. The highest BCUT2D eigenvalue weighted by Gasteiger charge is 2.32. The predicted octanol–water partition coefficient (Wildman–Crippen LogP) is 0.137. The van der Waals surface area contributed by atoms with Gasteiger partial charge < -0.3 is 9.84 Å². The number of hydrogen-bond acceptors (Lipinski definition) is 4. The highest BCUT2D eigenvalue weighted by molar-refractivity contribution is 8.00. The fourth-order valence-electron chi connectivity index (χ4n) is 1.03. The Balaban J connectivity index is 2.40. The van der Waals surface area contributed by atoms with Crippen molar-refractivity contribution in [2.45, 2.75) is 24.4 Å². The number of carboxylic acid groups (broad SMARTS) is 1. The fourth-order valence-corrected chi connectivity index (χ4v) is 2.31. The van der Waals surface area contributed by atoms with Gasteiger partial charge in [-0.25, -0.2) is 0 Å². The maximum Gasteiger partial charge on any atom is 0.321 e. The van der Waals surface area contributed by atoms with E-state index in [-0.39, 0.29) is 11.5 Å². The molecule has 0 amide bonds. The van der Waals surface area contributed by atoms with Gasteiger partial charge >= 0.3 is 5.97 Å². The van der Waals surface area contributed by atoms with Crippen LogP contribution in [0.25, 0.3) is 0 Å². The van der Waals surface area contributed by atoms with Crippen molar-refractivity contribution < 1.29 is 14.6 Å². The molecule has 4 nitrogen and oxygen atoms in total. The first-order valence-corrected chi connectivity index (χ1v) is 4.83. The van der Waals surface area contributed by atoms with E-state index in [2.05, 4.69) is 5.32 Å². The molecule has 2 unspecified atom stereocenters. The number of carboxylic acids is 1. The summed E-state index contributed by atoms with van der Waals surface area (Å²) in [4.78, 5) is 10.5. The van der Waals surface area contributed by atoms with Crippen LogP contribution in [-0.2, 0) is 9.53 Å². The van der Waals surface area contributed by atoms with E-state index in [0.717, 1.165) is 0 Å². The lowest BCUT2D eigenvalue weighted by Crippen LogP contribution is -2.41. The second-order valence-corrected chi connectivity index (χ2v) is 3.93. The molecule has 0 saturated carbocycles. The molecular weight excluding hydrogens is 178 g/mol. The summed E-state index contributed by atoms with van der Waals surface area (Å²) in [6.07, 6.45) is 0.0550. The van der Waals surface area contributed by atoms with Crippen LogP contribution in [0.4, 0.5) is 0 Å². The normalized spacial score (nSPS) is 31.8. The molecule has 0 radical (unpaired) electrons. The van der Waals surface area contributed by atoms with Gasteiger partial charge in [-0.2, -0.15) is 0 Å². The second kappa shape index (κ2) is 4.11. The first-order valence-electron chi connectivity index (χ1n) is 3.78. The van der Waals surface area contributed by atoms with Crippen molar-refractivity contribution in [3.63, 3.8) is 0 Å². The van der Waals surface area contributed by atoms with Crippen LogP contribution in [0.5, 0.6) is 0 Å². The van der Waals surface area contributed by atoms with Crippen LogP contribution in [0.2, 0.25) is 0 Å². The lowest BCUT2D eigenvalue weighted by molar-refractivity contribution is -0.138. The number of ether oxygens (including phenoxy) is 1. The molecule has 70 valence electrons. The number of hydrogen-bond donors (Lipinski definition) is 2. The largest absolute Gasteiger partial charge is 0.480 e. The molecule has 5 heteroatoms. The molecule has 0 spiro atoms. The van der Waals surface area contributed by atoms with Crippen LogP contribution in [0.3, 0.4) is 0 Å². The van der Waals surface area contributed by atoms with Crippen molar-refractivity contribution >= 4 is 17.7 Å². The third-order valence-corrected chi connectivity index (χ3v) is 3.31. The van der Waals surface area contributed by atoms with Gasteiger partial charge in [0.25, 0.3) is 0 Å². The summed E-state index contributed by atoms with van der Waals surface area (Å²) in [5.41, 5.74) is 0. The van der Waals surface area contributed by atoms with Crippen LogP contribution in [0.15, 0.2) is 0 Å². The summed E-state index contributed by atoms with van der Waals surface area (Å²) in [6, 6.07) is -0.419. The number of methoxy groups -OCH3 is 1. The standard InChI is InChI=1S/C7H13NO3S/c1-4(11-2)6-8-5(3-12-6)7(9)10/h4-6,8H,3H2,1-2H3,(H,9,10)/t4?,5-,6?/m1/s1. The maximum atomic E-state index is 10.5. The highest BCUT2D eigenvalue weighted by atomic mass is 32.2. The smallest absolute Gasteiger partial charge is 0.321 e. The van der Waals surface area contributed by atoms with E-state index < -0.39 is 12.0 Å². The predicted molar refractivity (Wildman–Crippen MR) is 47.3 cm³/mol. The zero-order valence-electron chi connectivity index (χ0n) is 7.11. The van der Waals surface area contributed by atoms with Gasteiger partial charge in [0, 0.05) is 12.9 Å². The zero-order valence-corrected chi connectivity index (χ0v) is 7.93. The summed E-state index contributed by atoms with van der Waals surface area (Å²) in [7, 11) is 1.63. The number of thioether (sulfide) groups is 1. The van der Waals surface area contributed by atoms with Gasteiger partial charge in [-0.15, -0.1) is 11.8 Å². The minimum absolute atomic E-state index is 0.0550. The van der Waals surface area contributed by atoms with Crippen LogP contribution < -0.4 is 5.32 Å². The molecule has 2 N–H and O–H groups in total. The first-order chi connectivity index (χ1) is 5.65. The molecule has 0 aromatic heterocycles. The van der Waals surface area contributed by atoms with Gasteiger partial charge in [-0.3, -0.25) is 10.1 Å². The molecule has 1 heterocycles. The lowest BCUT2D eigenvalue weighted by atomic mass is 10.3. The average Bonchev–Trinajstić information content (AvgIpc) is 2.51. The zero-order chi connectivity index (χ0) is 9.14. The van der Waals surface area contributed by atoms with E-state index >= 15 is 0 Å². The molecule has 0 bridgehead atoms. The van der Waals surface area contributed by atoms with Gasteiger partial charge in [0.15, 0.2) is 0 Å². The molecule has 1 aliphatic rings. The Labute approximate surface area is 75.7 Å². The Morgan fingerprint density at radius 3 is 2.92 bits per heavy atom. The lowest BCUT2D eigenvalue weighted by Gasteiger charge is -2.17. The highest BCUT2D eigenvalue weighted by Crippen LogP contribution is 2.22. The number of rotatable bonds is 3. The minimum Gasteiger partial charge on any atom is -0.480 e. The van der Waals surface area contributed by atoms with Gasteiger partial charge in [0.1, 0.15) is 6.04 Å². The third-order valence-electron chi connectivity index (χ3n) is 1.90. The van der Waals surface area contributed by atoms with Crippen LogP contribution in [0, 0.1) is 0 Å².